The Kier molecular flexibility index (Phi) is 3.80. The molecule has 1 rings (SSSR count). The molecule has 5 nitrogen and oxygen atoms in total. The number of carbonyl (C=O) groups excluding carboxylic acids is 1. The zero-order valence-electron chi connectivity index (χ0n) is 7.67. The van der Waals surface area contributed by atoms with E-state index >= 15 is 0 Å². The van der Waals surface area contributed by atoms with Crippen LogP contribution in [-0.2, 0) is 19.0 Å². The molecular formula is C8H14O5. The van der Waals surface area contributed by atoms with E-state index in [4.69, 9.17) is 14.2 Å². The van der Waals surface area contributed by atoms with Crippen LogP contribution in [0, 0.1) is 0 Å². The molecule has 0 spiro atoms. The van der Waals surface area contributed by atoms with Crippen LogP contribution in [0.5, 0.6) is 0 Å². The fourth-order valence-electron chi connectivity index (χ4n) is 1.38. The first-order chi connectivity index (χ1) is 6.24. The molecule has 1 aliphatic heterocycles. The Balaban J connectivity index is 2.57. The van der Waals surface area contributed by atoms with Crippen molar-refractivity contribution in [2.24, 2.45) is 0 Å². The Morgan fingerprint density at radius 1 is 1.62 bits per heavy atom. The van der Waals surface area contributed by atoms with Gasteiger partial charge >= 0.3 is 0 Å². The normalized spacial score (nSPS) is 36.1. The summed E-state index contributed by atoms with van der Waals surface area (Å²) in [6.07, 6.45) is -1.91. The van der Waals surface area contributed by atoms with Gasteiger partial charge < -0.3 is 24.1 Å². The van der Waals surface area contributed by atoms with Crippen LogP contribution in [0.1, 0.15) is 0 Å². The lowest BCUT2D eigenvalue weighted by Gasteiger charge is -2.20. The molecular weight excluding hydrogens is 176 g/mol. The van der Waals surface area contributed by atoms with E-state index in [1.165, 1.54) is 14.2 Å². The summed E-state index contributed by atoms with van der Waals surface area (Å²) in [5, 5.41) is 9.59. The van der Waals surface area contributed by atoms with Crippen molar-refractivity contribution in [1.82, 2.24) is 0 Å². The van der Waals surface area contributed by atoms with Crippen molar-refractivity contribution in [3.8, 4) is 0 Å². The van der Waals surface area contributed by atoms with Gasteiger partial charge in [0.1, 0.15) is 24.4 Å². The lowest BCUT2D eigenvalue weighted by molar-refractivity contribution is -0.128. The number of aliphatic hydroxyl groups excluding tert-OH is 1. The first-order valence-corrected chi connectivity index (χ1v) is 4.05. The van der Waals surface area contributed by atoms with Crippen molar-refractivity contribution in [1.29, 1.82) is 0 Å². The van der Waals surface area contributed by atoms with Gasteiger partial charge in [0.25, 0.3) is 0 Å². The Morgan fingerprint density at radius 3 is 2.69 bits per heavy atom. The molecule has 0 bridgehead atoms. The first-order valence-electron chi connectivity index (χ1n) is 4.05. The van der Waals surface area contributed by atoms with Crippen molar-refractivity contribution in [2.75, 3.05) is 20.8 Å². The number of rotatable bonds is 4. The number of hydrogen-bond donors (Lipinski definition) is 1. The monoisotopic (exact) mass is 190 g/mol. The number of aldehydes is 1. The molecule has 1 N–H and O–H groups in total. The van der Waals surface area contributed by atoms with Gasteiger partial charge in [-0.05, 0) is 0 Å². The van der Waals surface area contributed by atoms with Crippen molar-refractivity contribution >= 4 is 6.29 Å². The fourth-order valence-corrected chi connectivity index (χ4v) is 1.38. The summed E-state index contributed by atoms with van der Waals surface area (Å²) in [7, 11) is 2.89. The summed E-state index contributed by atoms with van der Waals surface area (Å²) in [5.41, 5.74) is 0. The van der Waals surface area contributed by atoms with Gasteiger partial charge in [0.15, 0.2) is 6.29 Å². The van der Waals surface area contributed by atoms with Gasteiger partial charge in [-0.25, -0.2) is 0 Å². The van der Waals surface area contributed by atoms with E-state index in [0.717, 1.165) is 0 Å². The molecule has 1 fully saturated rings. The third-order valence-electron chi connectivity index (χ3n) is 2.20. The predicted octanol–water partition coefficient (Wildman–Crippen LogP) is -1.02. The molecule has 0 unspecified atom stereocenters. The third-order valence-corrected chi connectivity index (χ3v) is 2.20. The van der Waals surface area contributed by atoms with E-state index in [1.54, 1.807) is 0 Å². The smallest absolute Gasteiger partial charge is 0.151 e. The average Bonchev–Trinajstić information content (AvgIpc) is 2.50. The predicted molar refractivity (Wildman–Crippen MR) is 43.4 cm³/mol. The molecule has 0 radical (unpaired) electrons. The van der Waals surface area contributed by atoms with Crippen molar-refractivity contribution < 1.29 is 24.1 Å². The van der Waals surface area contributed by atoms with Crippen LogP contribution >= 0.6 is 0 Å². The van der Waals surface area contributed by atoms with Gasteiger partial charge in [-0.1, -0.05) is 0 Å². The van der Waals surface area contributed by atoms with Crippen LogP contribution in [-0.4, -0.2) is 56.6 Å². The summed E-state index contributed by atoms with van der Waals surface area (Å²) in [4.78, 5) is 10.5. The highest BCUT2D eigenvalue weighted by Crippen LogP contribution is 2.20. The van der Waals surface area contributed by atoms with Gasteiger partial charge in [-0.15, -0.1) is 0 Å². The molecule has 1 heterocycles. The molecule has 13 heavy (non-hydrogen) atoms. The SMILES string of the molecule is CO[C@H]1CO[C@@H]([C@@H](C=O)OC)[C@@H]1O. The Labute approximate surface area is 76.6 Å². The highest BCUT2D eigenvalue weighted by atomic mass is 16.6. The largest absolute Gasteiger partial charge is 0.387 e. The molecule has 0 saturated carbocycles. The van der Waals surface area contributed by atoms with Crippen molar-refractivity contribution in [3.05, 3.63) is 0 Å². The quantitative estimate of drug-likeness (QED) is 0.574. The maximum Gasteiger partial charge on any atom is 0.151 e. The van der Waals surface area contributed by atoms with Crippen LogP contribution in [0.25, 0.3) is 0 Å². The van der Waals surface area contributed by atoms with E-state index in [2.05, 4.69) is 0 Å². The van der Waals surface area contributed by atoms with E-state index < -0.39 is 18.3 Å². The minimum absolute atomic E-state index is 0.288. The molecule has 76 valence electrons. The molecule has 1 saturated heterocycles. The molecule has 0 aromatic carbocycles. The molecule has 0 amide bonds. The van der Waals surface area contributed by atoms with Crippen molar-refractivity contribution in [3.63, 3.8) is 0 Å². The Morgan fingerprint density at radius 2 is 2.31 bits per heavy atom. The molecule has 0 aromatic heterocycles. The van der Waals surface area contributed by atoms with Gasteiger partial charge in [0.05, 0.1) is 6.61 Å². The van der Waals surface area contributed by atoms with Gasteiger partial charge in [0, 0.05) is 14.2 Å². The van der Waals surface area contributed by atoms with E-state index in [-0.39, 0.29) is 12.7 Å². The highest BCUT2D eigenvalue weighted by molar-refractivity contribution is 5.57. The van der Waals surface area contributed by atoms with Gasteiger partial charge in [-0.3, -0.25) is 0 Å². The summed E-state index contributed by atoms with van der Waals surface area (Å²) in [5.74, 6) is 0. The minimum atomic E-state index is -0.805. The first kappa shape index (κ1) is 10.6. The number of aliphatic hydroxyl groups is 1. The Hall–Kier alpha value is -0.490. The maximum atomic E-state index is 10.5. The second kappa shape index (κ2) is 4.66. The highest BCUT2D eigenvalue weighted by Gasteiger charge is 2.40. The molecule has 0 aromatic rings. The minimum Gasteiger partial charge on any atom is -0.387 e. The fraction of sp³-hybridized carbons (Fsp3) is 0.875. The van der Waals surface area contributed by atoms with Crippen LogP contribution in [0.3, 0.4) is 0 Å². The van der Waals surface area contributed by atoms with E-state index in [1.807, 2.05) is 0 Å². The van der Waals surface area contributed by atoms with Crippen molar-refractivity contribution in [2.45, 2.75) is 24.4 Å². The van der Waals surface area contributed by atoms with Gasteiger partial charge in [0.2, 0.25) is 0 Å². The number of carbonyl (C=O) groups is 1. The topological polar surface area (TPSA) is 65.0 Å². The second-order valence-corrected chi connectivity index (χ2v) is 2.90. The number of ether oxygens (including phenoxy) is 3. The average molecular weight is 190 g/mol. The van der Waals surface area contributed by atoms with Crippen LogP contribution in [0.15, 0.2) is 0 Å². The third kappa shape index (κ3) is 2.05. The standard InChI is InChI=1S/C8H14O5/c1-11-5(3-9)8-7(10)6(12-2)4-13-8/h3,5-8,10H,4H2,1-2H3/t5-,6+,7-,8+/m1/s1. The van der Waals surface area contributed by atoms with E-state index in [9.17, 15) is 9.90 Å². The van der Waals surface area contributed by atoms with E-state index in [0.29, 0.717) is 6.29 Å². The number of hydrogen-bond acceptors (Lipinski definition) is 5. The molecule has 0 aliphatic carbocycles. The van der Waals surface area contributed by atoms with Gasteiger partial charge in [-0.2, -0.15) is 0 Å². The zero-order chi connectivity index (χ0) is 9.84. The summed E-state index contributed by atoms with van der Waals surface area (Å²) in [6, 6.07) is 0. The van der Waals surface area contributed by atoms with Crippen LogP contribution < -0.4 is 0 Å². The molecule has 1 aliphatic rings. The maximum absolute atomic E-state index is 10.5. The summed E-state index contributed by atoms with van der Waals surface area (Å²) < 4.78 is 15.0. The summed E-state index contributed by atoms with van der Waals surface area (Å²) >= 11 is 0. The second-order valence-electron chi connectivity index (χ2n) is 2.90. The van der Waals surface area contributed by atoms with Crippen LogP contribution in [0.2, 0.25) is 0 Å². The zero-order valence-corrected chi connectivity index (χ0v) is 7.67. The summed E-state index contributed by atoms with van der Waals surface area (Å²) in [6.45, 7) is 0.288. The Bertz CT molecular complexity index is 172. The lowest BCUT2D eigenvalue weighted by atomic mass is 10.1. The number of methoxy groups -OCH3 is 2. The lowest BCUT2D eigenvalue weighted by Crippen LogP contribution is -2.40. The molecule has 4 atom stereocenters. The molecule has 5 heteroatoms. The van der Waals surface area contributed by atoms with Crippen LogP contribution in [0.4, 0.5) is 0 Å².